The Balaban J connectivity index is 1.55. The first-order chi connectivity index (χ1) is 14.0. The van der Waals surface area contributed by atoms with E-state index in [0.717, 1.165) is 0 Å². The zero-order chi connectivity index (χ0) is 20.2. The molecule has 0 unspecified atom stereocenters. The molecule has 9 nitrogen and oxygen atoms in total. The van der Waals surface area contributed by atoms with Crippen LogP contribution in [0.1, 0.15) is 26.2 Å². The van der Waals surface area contributed by atoms with E-state index in [1.54, 1.807) is 22.8 Å². The van der Waals surface area contributed by atoms with E-state index in [4.69, 9.17) is 4.74 Å². The van der Waals surface area contributed by atoms with Crippen molar-refractivity contribution in [1.29, 1.82) is 0 Å². The minimum atomic E-state index is -0.626. The molecule has 0 saturated heterocycles. The molecule has 29 heavy (non-hydrogen) atoms. The number of halogens is 1. The summed E-state index contributed by atoms with van der Waals surface area (Å²) in [7, 11) is 1.49. The molecule has 0 aromatic carbocycles. The van der Waals surface area contributed by atoms with E-state index in [-0.39, 0.29) is 11.9 Å². The lowest BCUT2D eigenvalue weighted by Crippen LogP contribution is -2.50. The normalized spacial score (nSPS) is 21.4. The van der Waals surface area contributed by atoms with Crippen molar-refractivity contribution in [2.75, 3.05) is 12.4 Å². The van der Waals surface area contributed by atoms with Gasteiger partial charge in [-0.15, -0.1) is 5.10 Å². The van der Waals surface area contributed by atoms with E-state index < -0.39 is 11.4 Å². The SMILES string of the molecule is CC[C@]1(O)C[C@@H](Nc2nc(OC)c3c(-c4ccc5ncnn5c4)c(F)cn3n2)C1. The van der Waals surface area contributed by atoms with Crippen molar-refractivity contribution in [1.82, 2.24) is 29.2 Å². The first-order valence-electron chi connectivity index (χ1n) is 9.41. The number of ether oxygens (including phenoxy) is 1. The lowest BCUT2D eigenvalue weighted by molar-refractivity contribution is -0.0442. The van der Waals surface area contributed by atoms with Gasteiger partial charge in [0.1, 0.15) is 11.8 Å². The molecule has 1 aliphatic carbocycles. The van der Waals surface area contributed by atoms with Gasteiger partial charge in [0, 0.05) is 17.8 Å². The van der Waals surface area contributed by atoms with Crippen LogP contribution in [0.25, 0.3) is 22.3 Å². The molecule has 4 heterocycles. The van der Waals surface area contributed by atoms with Gasteiger partial charge < -0.3 is 15.2 Å². The number of fused-ring (bicyclic) bond motifs is 2. The number of anilines is 1. The van der Waals surface area contributed by atoms with Crippen LogP contribution in [-0.4, -0.2) is 53.1 Å². The third-order valence-electron chi connectivity index (χ3n) is 5.55. The lowest BCUT2D eigenvalue weighted by atomic mass is 9.74. The van der Waals surface area contributed by atoms with Crippen molar-refractivity contribution in [2.24, 2.45) is 0 Å². The van der Waals surface area contributed by atoms with Gasteiger partial charge in [0.15, 0.2) is 11.5 Å². The van der Waals surface area contributed by atoms with Crippen LogP contribution in [0.2, 0.25) is 0 Å². The van der Waals surface area contributed by atoms with E-state index in [0.29, 0.717) is 47.5 Å². The van der Waals surface area contributed by atoms with Crippen molar-refractivity contribution in [3.8, 4) is 17.0 Å². The maximum Gasteiger partial charge on any atom is 0.244 e. The Labute approximate surface area is 165 Å². The highest BCUT2D eigenvalue weighted by Gasteiger charge is 2.41. The van der Waals surface area contributed by atoms with Crippen LogP contribution >= 0.6 is 0 Å². The van der Waals surface area contributed by atoms with Crippen LogP contribution in [0.3, 0.4) is 0 Å². The third-order valence-corrected chi connectivity index (χ3v) is 5.55. The van der Waals surface area contributed by atoms with E-state index in [9.17, 15) is 9.50 Å². The summed E-state index contributed by atoms with van der Waals surface area (Å²) in [4.78, 5) is 8.52. The summed E-state index contributed by atoms with van der Waals surface area (Å²) in [5.41, 5.74) is 1.40. The summed E-state index contributed by atoms with van der Waals surface area (Å²) in [6.45, 7) is 1.96. The number of aliphatic hydroxyl groups is 1. The maximum absolute atomic E-state index is 14.9. The Morgan fingerprint density at radius 1 is 1.31 bits per heavy atom. The maximum atomic E-state index is 14.9. The largest absolute Gasteiger partial charge is 0.479 e. The summed E-state index contributed by atoms with van der Waals surface area (Å²) in [6, 6.07) is 3.60. The molecule has 1 saturated carbocycles. The van der Waals surface area contributed by atoms with E-state index >= 15 is 0 Å². The standard InChI is InChI=1S/C19H20FN7O2/c1-3-19(28)6-12(7-19)23-18-24-17(29-2)16-15(13(20)9-27(16)25-18)11-4-5-14-21-10-22-26(14)8-11/h4-5,8-10,12,28H,3,6-7H2,1-2H3,(H,23,25)/t12-,19+. The predicted molar refractivity (Wildman–Crippen MR) is 103 cm³/mol. The molecule has 1 aliphatic rings. The molecule has 4 aromatic heterocycles. The number of pyridine rings is 1. The Morgan fingerprint density at radius 3 is 2.90 bits per heavy atom. The first kappa shape index (κ1) is 17.8. The molecule has 4 aromatic rings. The molecular weight excluding hydrogens is 377 g/mol. The lowest BCUT2D eigenvalue weighted by Gasteiger charge is -2.43. The van der Waals surface area contributed by atoms with Crippen LogP contribution in [0.4, 0.5) is 10.3 Å². The van der Waals surface area contributed by atoms with Gasteiger partial charge in [-0.3, -0.25) is 0 Å². The van der Waals surface area contributed by atoms with Crippen LogP contribution in [0.5, 0.6) is 5.88 Å². The number of hydrogen-bond acceptors (Lipinski definition) is 7. The van der Waals surface area contributed by atoms with Crippen molar-refractivity contribution in [2.45, 2.75) is 37.8 Å². The average Bonchev–Trinajstić information content (AvgIpc) is 3.28. The van der Waals surface area contributed by atoms with Crippen molar-refractivity contribution < 1.29 is 14.2 Å². The highest BCUT2D eigenvalue weighted by molar-refractivity contribution is 5.85. The second kappa shape index (κ2) is 6.38. The fraction of sp³-hybridized carbons (Fsp3) is 0.368. The Bertz CT molecular complexity index is 1210. The van der Waals surface area contributed by atoms with Crippen LogP contribution in [-0.2, 0) is 0 Å². The molecule has 0 atom stereocenters. The second-order valence-electron chi connectivity index (χ2n) is 7.40. The zero-order valence-corrected chi connectivity index (χ0v) is 16.0. The summed E-state index contributed by atoms with van der Waals surface area (Å²) in [6.07, 6.45) is 6.39. The number of nitrogens with zero attached hydrogens (tertiary/aromatic N) is 6. The Morgan fingerprint density at radius 2 is 2.14 bits per heavy atom. The Hall–Kier alpha value is -3.27. The molecule has 10 heteroatoms. The minimum Gasteiger partial charge on any atom is -0.479 e. The van der Waals surface area contributed by atoms with Gasteiger partial charge in [-0.2, -0.15) is 10.1 Å². The summed E-state index contributed by atoms with van der Waals surface area (Å²) >= 11 is 0. The Kier molecular flexibility index (Phi) is 3.91. The van der Waals surface area contributed by atoms with Crippen molar-refractivity contribution in [3.05, 3.63) is 36.7 Å². The second-order valence-corrected chi connectivity index (χ2v) is 7.40. The van der Waals surface area contributed by atoms with Crippen LogP contribution in [0.15, 0.2) is 30.9 Å². The predicted octanol–water partition coefficient (Wildman–Crippen LogP) is 2.30. The minimum absolute atomic E-state index is 0.0664. The van der Waals surface area contributed by atoms with Gasteiger partial charge >= 0.3 is 0 Å². The molecule has 150 valence electrons. The highest BCUT2D eigenvalue weighted by Crippen LogP contribution is 2.37. The molecule has 1 fully saturated rings. The van der Waals surface area contributed by atoms with Gasteiger partial charge in [0.25, 0.3) is 0 Å². The van der Waals surface area contributed by atoms with Gasteiger partial charge in [-0.25, -0.2) is 18.4 Å². The fourth-order valence-electron chi connectivity index (χ4n) is 3.90. The molecular formula is C19H20FN7O2. The van der Waals surface area contributed by atoms with Crippen molar-refractivity contribution >= 4 is 17.1 Å². The monoisotopic (exact) mass is 397 g/mol. The number of hydrogen-bond donors (Lipinski definition) is 2. The highest BCUT2D eigenvalue weighted by atomic mass is 19.1. The first-order valence-corrected chi connectivity index (χ1v) is 9.41. The van der Waals surface area contributed by atoms with Gasteiger partial charge in [0.05, 0.1) is 24.5 Å². The molecule has 0 amide bonds. The number of nitrogens with one attached hydrogen (secondary N) is 1. The topological polar surface area (TPSA) is 102 Å². The summed E-state index contributed by atoms with van der Waals surface area (Å²) in [5, 5.41) is 21.9. The van der Waals surface area contributed by atoms with E-state index in [1.165, 1.54) is 24.1 Å². The summed E-state index contributed by atoms with van der Waals surface area (Å²) in [5.74, 6) is 0.133. The van der Waals surface area contributed by atoms with Gasteiger partial charge in [0.2, 0.25) is 11.8 Å². The van der Waals surface area contributed by atoms with Crippen LogP contribution in [0, 0.1) is 5.82 Å². The molecule has 0 radical (unpaired) electrons. The number of rotatable bonds is 5. The van der Waals surface area contributed by atoms with E-state index in [1.807, 2.05) is 6.92 Å². The number of methoxy groups -OCH3 is 1. The van der Waals surface area contributed by atoms with Crippen molar-refractivity contribution in [3.63, 3.8) is 0 Å². The number of aromatic nitrogens is 6. The van der Waals surface area contributed by atoms with Gasteiger partial charge in [-0.1, -0.05) is 6.92 Å². The summed E-state index contributed by atoms with van der Waals surface area (Å²) < 4.78 is 23.4. The van der Waals surface area contributed by atoms with Gasteiger partial charge in [-0.05, 0) is 31.4 Å². The third kappa shape index (κ3) is 2.87. The molecule has 0 aliphatic heterocycles. The average molecular weight is 397 g/mol. The smallest absolute Gasteiger partial charge is 0.244 e. The molecule has 5 rings (SSSR count). The zero-order valence-electron chi connectivity index (χ0n) is 16.0. The van der Waals surface area contributed by atoms with E-state index in [2.05, 4.69) is 25.5 Å². The quantitative estimate of drug-likeness (QED) is 0.533. The van der Waals surface area contributed by atoms with Crippen LogP contribution < -0.4 is 10.1 Å². The molecule has 0 bridgehead atoms. The molecule has 0 spiro atoms. The fourth-order valence-corrected chi connectivity index (χ4v) is 3.90. The molecule has 2 N–H and O–H groups in total.